The second kappa shape index (κ2) is 8.41. The Balaban J connectivity index is 1.50. The van der Waals surface area contributed by atoms with Gasteiger partial charge in [0.05, 0.1) is 12.4 Å². The molecule has 0 unspecified atom stereocenters. The second-order valence-corrected chi connectivity index (χ2v) is 6.95. The predicted octanol–water partition coefficient (Wildman–Crippen LogP) is 4.06. The summed E-state index contributed by atoms with van der Waals surface area (Å²) in [5.74, 6) is 2.05. The van der Waals surface area contributed by atoms with Gasteiger partial charge in [-0.15, -0.1) is 15.3 Å². The molecule has 0 saturated heterocycles. The number of tetrazole rings is 1. The van der Waals surface area contributed by atoms with E-state index in [0.717, 1.165) is 11.3 Å². The van der Waals surface area contributed by atoms with E-state index in [2.05, 4.69) is 25.7 Å². The summed E-state index contributed by atoms with van der Waals surface area (Å²) in [6, 6.07) is 14.8. The van der Waals surface area contributed by atoms with Crippen LogP contribution in [0.5, 0.6) is 5.75 Å². The van der Waals surface area contributed by atoms with Crippen molar-refractivity contribution in [1.29, 1.82) is 0 Å². The van der Waals surface area contributed by atoms with Crippen molar-refractivity contribution in [1.82, 2.24) is 30.4 Å². The number of hydrogen-bond donors (Lipinski definition) is 0. The first-order chi connectivity index (χ1) is 13.7. The fraction of sp³-hybridized carbons (Fsp3) is 0.167. The highest BCUT2D eigenvalue weighted by atomic mass is 35.5. The molecule has 0 atom stereocenters. The van der Waals surface area contributed by atoms with Crippen molar-refractivity contribution in [3.05, 3.63) is 59.4 Å². The molecule has 0 radical (unpaired) electrons. The number of ether oxygens (including phenoxy) is 1. The predicted molar refractivity (Wildman–Crippen MR) is 105 cm³/mol. The number of hydrogen-bond acceptors (Lipinski definition) is 8. The van der Waals surface area contributed by atoms with E-state index in [1.165, 1.54) is 11.8 Å². The van der Waals surface area contributed by atoms with E-state index in [1.807, 2.05) is 43.3 Å². The standard InChI is InChI=1S/C18H15ClN6O2S/c1-2-26-15-6-4-3-5-14(15)25-18(22-23-24-25)28-11-16-20-21-17(27-16)12-7-9-13(19)10-8-12/h3-10H,2,11H2,1H3. The summed E-state index contributed by atoms with van der Waals surface area (Å²) in [7, 11) is 0. The van der Waals surface area contributed by atoms with Crippen molar-refractivity contribution in [3.63, 3.8) is 0 Å². The van der Waals surface area contributed by atoms with Gasteiger partial charge in [-0.2, -0.15) is 4.68 Å². The summed E-state index contributed by atoms with van der Waals surface area (Å²) in [4.78, 5) is 0. The van der Waals surface area contributed by atoms with Gasteiger partial charge < -0.3 is 9.15 Å². The number of rotatable bonds is 7. The quantitative estimate of drug-likeness (QED) is 0.418. The first-order valence-corrected chi connectivity index (χ1v) is 9.82. The smallest absolute Gasteiger partial charge is 0.247 e. The SMILES string of the molecule is CCOc1ccccc1-n1nnnc1SCc1nnc(-c2ccc(Cl)cc2)o1. The van der Waals surface area contributed by atoms with E-state index < -0.39 is 0 Å². The van der Waals surface area contributed by atoms with Crippen LogP contribution in [0.25, 0.3) is 17.1 Å². The fourth-order valence-corrected chi connectivity index (χ4v) is 3.32. The third-order valence-corrected chi connectivity index (χ3v) is 4.87. The minimum Gasteiger partial charge on any atom is -0.492 e. The number of thioether (sulfide) groups is 1. The first kappa shape index (κ1) is 18.5. The average molecular weight is 415 g/mol. The summed E-state index contributed by atoms with van der Waals surface area (Å²) in [5, 5.41) is 21.4. The Hall–Kier alpha value is -2.91. The van der Waals surface area contributed by atoms with Gasteiger partial charge in [-0.25, -0.2) is 0 Å². The van der Waals surface area contributed by atoms with Crippen molar-refractivity contribution >= 4 is 23.4 Å². The van der Waals surface area contributed by atoms with E-state index in [0.29, 0.717) is 40.1 Å². The zero-order valence-electron chi connectivity index (χ0n) is 14.8. The van der Waals surface area contributed by atoms with Crippen molar-refractivity contribution in [2.75, 3.05) is 6.61 Å². The minimum absolute atomic E-state index is 0.428. The van der Waals surface area contributed by atoms with Crippen LogP contribution in [-0.2, 0) is 5.75 Å². The molecule has 28 heavy (non-hydrogen) atoms. The molecule has 142 valence electrons. The Kier molecular flexibility index (Phi) is 5.54. The van der Waals surface area contributed by atoms with Crippen LogP contribution in [-0.4, -0.2) is 37.0 Å². The van der Waals surface area contributed by atoms with Crippen LogP contribution in [0.4, 0.5) is 0 Å². The molecule has 0 aliphatic heterocycles. The van der Waals surface area contributed by atoms with Crippen LogP contribution >= 0.6 is 23.4 Å². The van der Waals surface area contributed by atoms with Crippen molar-refractivity contribution in [3.8, 4) is 22.9 Å². The van der Waals surface area contributed by atoms with Gasteiger partial charge in [0.25, 0.3) is 0 Å². The molecule has 0 aliphatic carbocycles. The normalized spacial score (nSPS) is 10.9. The van der Waals surface area contributed by atoms with Crippen LogP contribution in [0.1, 0.15) is 12.8 Å². The number of aromatic nitrogens is 6. The first-order valence-electron chi connectivity index (χ1n) is 8.46. The van der Waals surface area contributed by atoms with E-state index in [4.69, 9.17) is 20.8 Å². The van der Waals surface area contributed by atoms with E-state index >= 15 is 0 Å². The maximum Gasteiger partial charge on any atom is 0.247 e. The molecule has 0 saturated carbocycles. The number of para-hydroxylation sites is 2. The van der Waals surface area contributed by atoms with E-state index in [1.54, 1.807) is 16.8 Å². The van der Waals surface area contributed by atoms with Gasteiger partial charge in [-0.1, -0.05) is 35.5 Å². The Bertz CT molecular complexity index is 1070. The molecule has 0 fully saturated rings. The largest absolute Gasteiger partial charge is 0.492 e. The molecule has 0 amide bonds. The lowest BCUT2D eigenvalue weighted by molar-refractivity contribution is 0.337. The Morgan fingerprint density at radius 1 is 1.07 bits per heavy atom. The Morgan fingerprint density at radius 2 is 1.89 bits per heavy atom. The number of nitrogens with zero attached hydrogens (tertiary/aromatic N) is 6. The molecule has 2 aromatic carbocycles. The molecule has 8 nitrogen and oxygen atoms in total. The summed E-state index contributed by atoms with van der Waals surface area (Å²) >= 11 is 7.30. The molecule has 2 aromatic heterocycles. The maximum absolute atomic E-state index is 5.91. The molecule has 0 N–H and O–H groups in total. The lowest BCUT2D eigenvalue weighted by atomic mass is 10.2. The molecule has 0 bridgehead atoms. The third kappa shape index (κ3) is 4.00. The van der Waals surface area contributed by atoms with Crippen LogP contribution in [0.15, 0.2) is 58.1 Å². The molecular weight excluding hydrogens is 400 g/mol. The topological polar surface area (TPSA) is 91.8 Å². The van der Waals surface area contributed by atoms with E-state index in [-0.39, 0.29) is 0 Å². The monoisotopic (exact) mass is 414 g/mol. The molecule has 4 aromatic rings. The average Bonchev–Trinajstić information content (AvgIpc) is 3.37. The second-order valence-electron chi connectivity index (χ2n) is 5.57. The fourth-order valence-electron chi connectivity index (χ4n) is 2.48. The Labute approximate surface area is 169 Å². The van der Waals surface area contributed by atoms with Gasteiger partial charge in [0, 0.05) is 10.6 Å². The van der Waals surface area contributed by atoms with Crippen molar-refractivity contribution < 1.29 is 9.15 Å². The van der Waals surface area contributed by atoms with Gasteiger partial charge >= 0.3 is 0 Å². The van der Waals surface area contributed by atoms with Crippen molar-refractivity contribution in [2.24, 2.45) is 0 Å². The maximum atomic E-state index is 5.91. The zero-order chi connectivity index (χ0) is 19.3. The molecule has 0 spiro atoms. The molecule has 10 heteroatoms. The molecule has 0 aliphatic rings. The lowest BCUT2D eigenvalue weighted by Gasteiger charge is -2.10. The zero-order valence-corrected chi connectivity index (χ0v) is 16.4. The molecular formula is C18H15ClN6O2S. The van der Waals surface area contributed by atoms with Gasteiger partial charge in [0.1, 0.15) is 11.4 Å². The number of halogens is 1. The van der Waals surface area contributed by atoms with Crippen LogP contribution < -0.4 is 4.74 Å². The van der Waals surface area contributed by atoms with Gasteiger partial charge in [-0.3, -0.25) is 0 Å². The summed E-state index contributed by atoms with van der Waals surface area (Å²) in [6.07, 6.45) is 0. The van der Waals surface area contributed by atoms with Gasteiger partial charge in [0.15, 0.2) is 0 Å². The third-order valence-electron chi connectivity index (χ3n) is 3.72. The summed E-state index contributed by atoms with van der Waals surface area (Å²) in [6.45, 7) is 2.48. The molecule has 2 heterocycles. The summed E-state index contributed by atoms with van der Waals surface area (Å²) in [5.41, 5.74) is 1.58. The summed E-state index contributed by atoms with van der Waals surface area (Å²) < 4.78 is 13.0. The lowest BCUT2D eigenvalue weighted by Crippen LogP contribution is -2.03. The van der Waals surface area contributed by atoms with E-state index in [9.17, 15) is 0 Å². The molecule has 4 rings (SSSR count). The van der Waals surface area contributed by atoms with Crippen LogP contribution in [0, 0.1) is 0 Å². The van der Waals surface area contributed by atoms with Crippen LogP contribution in [0.2, 0.25) is 5.02 Å². The van der Waals surface area contributed by atoms with Crippen LogP contribution in [0.3, 0.4) is 0 Å². The van der Waals surface area contributed by atoms with Gasteiger partial charge in [0.2, 0.25) is 16.9 Å². The van der Waals surface area contributed by atoms with Crippen molar-refractivity contribution in [2.45, 2.75) is 17.8 Å². The Morgan fingerprint density at radius 3 is 2.71 bits per heavy atom. The number of benzene rings is 2. The minimum atomic E-state index is 0.428. The van der Waals surface area contributed by atoms with Gasteiger partial charge in [-0.05, 0) is 53.7 Å². The highest BCUT2D eigenvalue weighted by molar-refractivity contribution is 7.98. The highest BCUT2D eigenvalue weighted by Crippen LogP contribution is 2.28. The highest BCUT2D eigenvalue weighted by Gasteiger charge is 2.15.